The Morgan fingerprint density at radius 2 is 2.37 bits per heavy atom. The minimum Gasteiger partial charge on any atom is -0.448 e. The van der Waals surface area contributed by atoms with E-state index in [1.54, 1.807) is 7.11 Å². The van der Waals surface area contributed by atoms with Crippen LogP contribution in [0.4, 0.5) is 0 Å². The molecule has 0 bridgehead atoms. The van der Waals surface area contributed by atoms with E-state index in [9.17, 15) is 4.79 Å². The Hall–Kier alpha value is -1.40. The summed E-state index contributed by atoms with van der Waals surface area (Å²) in [6, 6.07) is 0. The Labute approximate surface area is 112 Å². The lowest BCUT2D eigenvalue weighted by atomic mass is 9.98. The molecule has 0 unspecified atom stereocenters. The maximum Gasteiger partial charge on any atom is 0.273 e. The van der Waals surface area contributed by atoms with E-state index >= 15 is 0 Å². The third-order valence-corrected chi connectivity index (χ3v) is 3.25. The number of nitrogens with zero attached hydrogens (tertiary/aromatic N) is 1. The maximum atomic E-state index is 11.8. The molecule has 1 aliphatic heterocycles. The molecule has 0 radical (unpaired) electrons. The van der Waals surface area contributed by atoms with Crippen LogP contribution in [0.2, 0.25) is 0 Å². The molecule has 6 nitrogen and oxygen atoms in total. The second kappa shape index (κ2) is 7.25. The number of piperidine rings is 1. The van der Waals surface area contributed by atoms with Crippen LogP contribution in [0.1, 0.15) is 41.6 Å². The Morgan fingerprint density at radius 1 is 1.58 bits per heavy atom. The minimum absolute atomic E-state index is 0.181. The molecule has 106 valence electrons. The van der Waals surface area contributed by atoms with Crippen molar-refractivity contribution in [2.75, 3.05) is 33.4 Å². The van der Waals surface area contributed by atoms with Crippen LogP contribution in [0.5, 0.6) is 0 Å². The van der Waals surface area contributed by atoms with E-state index in [0.717, 1.165) is 32.4 Å². The molecule has 0 aliphatic carbocycles. The van der Waals surface area contributed by atoms with Crippen molar-refractivity contribution in [3.63, 3.8) is 0 Å². The van der Waals surface area contributed by atoms with E-state index in [1.165, 1.54) is 6.26 Å². The third kappa shape index (κ3) is 4.04. The van der Waals surface area contributed by atoms with E-state index in [2.05, 4.69) is 15.6 Å². The first-order chi connectivity index (χ1) is 9.31. The van der Waals surface area contributed by atoms with Gasteiger partial charge in [-0.1, -0.05) is 0 Å². The van der Waals surface area contributed by atoms with Crippen LogP contribution in [0.25, 0.3) is 0 Å². The minimum atomic E-state index is -0.181. The van der Waals surface area contributed by atoms with Gasteiger partial charge >= 0.3 is 0 Å². The van der Waals surface area contributed by atoms with Crippen molar-refractivity contribution in [2.24, 2.45) is 0 Å². The molecule has 2 heterocycles. The number of aromatic nitrogens is 1. The van der Waals surface area contributed by atoms with Gasteiger partial charge in [-0.05, 0) is 32.4 Å². The first-order valence-corrected chi connectivity index (χ1v) is 6.74. The summed E-state index contributed by atoms with van der Waals surface area (Å²) in [6.07, 6.45) is 4.26. The van der Waals surface area contributed by atoms with Gasteiger partial charge < -0.3 is 19.8 Å². The van der Waals surface area contributed by atoms with Crippen molar-refractivity contribution < 1.29 is 13.9 Å². The fraction of sp³-hybridized carbons (Fsp3) is 0.692. The van der Waals surface area contributed by atoms with Crippen LogP contribution >= 0.6 is 0 Å². The summed E-state index contributed by atoms with van der Waals surface area (Å²) >= 11 is 0. The van der Waals surface area contributed by atoms with Crippen molar-refractivity contribution in [1.29, 1.82) is 0 Å². The Morgan fingerprint density at radius 3 is 3.11 bits per heavy atom. The summed E-state index contributed by atoms with van der Waals surface area (Å²) in [4.78, 5) is 16.1. The zero-order chi connectivity index (χ0) is 13.5. The maximum absolute atomic E-state index is 11.8. The van der Waals surface area contributed by atoms with Gasteiger partial charge in [0.1, 0.15) is 6.26 Å². The topological polar surface area (TPSA) is 76.4 Å². The molecular weight excluding hydrogens is 246 g/mol. The summed E-state index contributed by atoms with van der Waals surface area (Å²) < 4.78 is 10.3. The van der Waals surface area contributed by atoms with E-state index in [-0.39, 0.29) is 5.91 Å². The van der Waals surface area contributed by atoms with Gasteiger partial charge in [0, 0.05) is 26.2 Å². The summed E-state index contributed by atoms with van der Waals surface area (Å²) in [7, 11) is 1.64. The number of nitrogens with one attached hydrogen (secondary N) is 2. The van der Waals surface area contributed by atoms with Gasteiger partial charge in [0.2, 0.25) is 0 Å². The monoisotopic (exact) mass is 267 g/mol. The van der Waals surface area contributed by atoms with E-state index in [0.29, 0.717) is 30.7 Å². The molecule has 0 saturated carbocycles. The number of rotatable bonds is 6. The number of carbonyl (C=O) groups is 1. The highest BCUT2D eigenvalue weighted by Crippen LogP contribution is 2.24. The van der Waals surface area contributed by atoms with Crippen LogP contribution in [0, 0.1) is 0 Å². The van der Waals surface area contributed by atoms with Gasteiger partial charge in [-0.25, -0.2) is 4.98 Å². The van der Waals surface area contributed by atoms with Gasteiger partial charge in [-0.2, -0.15) is 0 Å². The summed E-state index contributed by atoms with van der Waals surface area (Å²) in [5, 5.41) is 6.09. The molecule has 6 heteroatoms. The van der Waals surface area contributed by atoms with Crippen LogP contribution in [0.15, 0.2) is 10.7 Å². The number of methoxy groups -OCH3 is 1. The number of oxazole rings is 1. The lowest BCUT2D eigenvalue weighted by Crippen LogP contribution is -2.27. The third-order valence-electron chi connectivity index (χ3n) is 3.25. The Kier molecular flexibility index (Phi) is 5.35. The molecule has 2 N–H and O–H groups in total. The predicted octanol–water partition coefficient (Wildman–Crippen LogP) is 0.908. The van der Waals surface area contributed by atoms with Gasteiger partial charge in [0.15, 0.2) is 11.6 Å². The smallest absolute Gasteiger partial charge is 0.273 e. The van der Waals surface area contributed by atoms with Gasteiger partial charge in [0.25, 0.3) is 5.91 Å². The quantitative estimate of drug-likeness (QED) is 0.749. The lowest BCUT2D eigenvalue weighted by molar-refractivity contribution is 0.0943. The molecule has 19 heavy (non-hydrogen) atoms. The molecule has 0 spiro atoms. The van der Waals surface area contributed by atoms with Crippen molar-refractivity contribution in [1.82, 2.24) is 15.6 Å². The Balaban J connectivity index is 1.83. The molecule has 1 aliphatic rings. The first-order valence-electron chi connectivity index (χ1n) is 6.74. The zero-order valence-electron chi connectivity index (χ0n) is 11.3. The molecule has 1 aromatic rings. The molecule has 1 saturated heterocycles. The average Bonchev–Trinajstić information content (AvgIpc) is 2.94. The fourth-order valence-electron chi connectivity index (χ4n) is 2.16. The molecular formula is C13H21N3O3. The highest BCUT2D eigenvalue weighted by Gasteiger charge is 2.21. The molecule has 0 aromatic carbocycles. The largest absolute Gasteiger partial charge is 0.448 e. The van der Waals surface area contributed by atoms with E-state index in [1.807, 2.05) is 0 Å². The van der Waals surface area contributed by atoms with E-state index in [4.69, 9.17) is 9.15 Å². The van der Waals surface area contributed by atoms with Crippen LogP contribution in [-0.2, 0) is 4.74 Å². The number of ether oxygens (including phenoxy) is 1. The zero-order valence-corrected chi connectivity index (χ0v) is 11.3. The molecule has 0 atom stereocenters. The molecule has 1 aromatic heterocycles. The summed E-state index contributed by atoms with van der Waals surface area (Å²) in [6.45, 7) is 3.18. The van der Waals surface area contributed by atoms with Crippen molar-refractivity contribution >= 4 is 5.91 Å². The summed E-state index contributed by atoms with van der Waals surface area (Å²) in [5.74, 6) is 0.833. The van der Waals surface area contributed by atoms with Gasteiger partial charge in [0.05, 0.1) is 0 Å². The standard InChI is InChI=1S/C13H21N3O3/c1-18-8-2-5-15-12(17)11-9-19-13(16-11)10-3-6-14-7-4-10/h9-10,14H,2-8H2,1H3,(H,15,17). The van der Waals surface area contributed by atoms with Crippen LogP contribution in [0.3, 0.4) is 0 Å². The number of hydrogen-bond donors (Lipinski definition) is 2. The number of hydrogen-bond acceptors (Lipinski definition) is 5. The number of amides is 1. The molecule has 2 rings (SSSR count). The van der Waals surface area contributed by atoms with Crippen molar-refractivity contribution in [3.8, 4) is 0 Å². The SMILES string of the molecule is COCCCNC(=O)c1coc(C2CCNCC2)n1. The van der Waals surface area contributed by atoms with Crippen LogP contribution in [-0.4, -0.2) is 44.2 Å². The second-order valence-corrected chi connectivity index (χ2v) is 4.70. The normalized spacial score (nSPS) is 16.5. The molecule has 1 fully saturated rings. The highest BCUT2D eigenvalue weighted by atomic mass is 16.5. The average molecular weight is 267 g/mol. The Bertz CT molecular complexity index is 400. The van der Waals surface area contributed by atoms with Crippen molar-refractivity contribution in [2.45, 2.75) is 25.2 Å². The molecule has 1 amide bonds. The predicted molar refractivity (Wildman–Crippen MR) is 70.2 cm³/mol. The van der Waals surface area contributed by atoms with Crippen molar-refractivity contribution in [3.05, 3.63) is 17.8 Å². The highest BCUT2D eigenvalue weighted by molar-refractivity contribution is 5.91. The lowest BCUT2D eigenvalue weighted by Gasteiger charge is -2.19. The summed E-state index contributed by atoms with van der Waals surface area (Å²) in [5.41, 5.74) is 0.367. The fourth-order valence-corrected chi connectivity index (χ4v) is 2.16. The number of carbonyl (C=O) groups excluding carboxylic acids is 1. The van der Waals surface area contributed by atoms with Gasteiger partial charge in [-0.3, -0.25) is 4.79 Å². The first kappa shape index (κ1) is 14.0. The second-order valence-electron chi connectivity index (χ2n) is 4.70. The van der Waals surface area contributed by atoms with Gasteiger partial charge in [-0.15, -0.1) is 0 Å². The van der Waals surface area contributed by atoms with Crippen LogP contribution < -0.4 is 10.6 Å². The van der Waals surface area contributed by atoms with E-state index < -0.39 is 0 Å².